The Hall–Kier alpha value is -1.56. The number of likely N-dealkylation sites (N-methyl/N-ethyl adjacent to an activating group) is 1. The van der Waals surface area contributed by atoms with Gasteiger partial charge in [0.25, 0.3) is 5.91 Å². The Morgan fingerprint density at radius 3 is 2.42 bits per heavy atom. The predicted octanol–water partition coefficient (Wildman–Crippen LogP) is 3.44. The fourth-order valence-electron chi connectivity index (χ4n) is 3.37. The Balaban J connectivity index is 1.49. The average molecular weight is 393 g/mol. The minimum absolute atomic E-state index is 0.0349. The summed E-state index contributed by atoms with van der Waals surface area (Å²) in [6.07, 6.45) is 5.20. The molecular weight excluding hydrogens is 366 g/mol. The number of halogens is 1. The number of thiophene rings is 1. The summed E-state index contributed by atoms with van der Waals surface area (Å²) in [6.45, 7) is 3.50. The van der Waals surface area contributed by atoms with Crippen LogP contribution in [-0.4, -0.2) is 32.6 Å². The molecule has 6 heteroatoms. The van der Waals surface area contributed by atoms with E-state index in [0.29, 0.717) is 6.54 Å². The Labute approximate surface area is 164 Å². The van der Waals surface area contributed by atoms with Gasteiger partial charge in [-0.2, -0.15) is 0 Å². The Morgan fingerprint density at radius 2 is 1.81 bits per heavy atom. The van der Waals surface area contributed by atoms with Gasteiger partial charge in [-0.25, -0.2) is 0 Å². The molecule has 2 aromatic rings. The number of nitrogens with zero attached hydrogens (tertiary/aromatic N) is 1. The smallest absolute Gasteiger partial charge is 0.279 e. The zero-order valence-corrected chi connectivity index (χ0v) is 16.8. The third-order valence-corrected chi connectivity index (χ3v) is 5.92. The van der Waals surface area contributed by atoms with Crippen molar-refractivity contribution in [2.45, 2.75) is 32.2 Å². The molecule has 26 heavy (non-hydrogen) atoms. The van der Waals surface area contributed by atoms with E-state index in [-0.39, 0.29) is 5.91 Å². The second-order valence-electron chi connectivity index (χ2n) is 7.01. The molecular formula is C20H27ClN3OS+. The van der Waals surface area contributed by atoms with E-state index in [0.717, 1.165) is 34.6 Å². The van der Waals surface area contributed by atoms with Crippen LogP contribution in [0.3, 0.4) is 0 Å². The molecule has 0 spiro atoms. The summed E-state index contributed by atoms with van der Waals surface area (Å²) in [4.78, 5) is 17.1. The lowest BCUT2D eigenvalue weighted by molar-refractivity contribution is -0.884. The van der Waals surface area contributed by atoms with E-state index in [1.54, 1.807) is 11.3 Å². The monoisotopic (exact) mass is 392 g/mol. The third kappa shape index (κ3) is 5.73. The molecule has 1 fully saturated rings. The first-order valence-electron chi connectivity index (χ1n) is 9.30. The van der Waals surface area contributed by atoms with Crippen molar-refractivity contribution < 1.29 is 9.69 Å². The zero-order valence-electron chi connectivity index (χ0n) is 15.3. The number of amides is 1. The van der Waals surface area contributed by atoms with Gasteiger partial charge >= 0.3 is 0 Å². The number of nitrogens with one attached hydrogen (secondary N) is 2. The standard InChI is InChI=1S/C20H26ClN3OS/c1-23(14-18-10-11-19(21)26-18)15-20(25)22-16-6-8-17(9-7-16)24-12-4-2-3-5-13-24/h6-11H,2-5,12-15H2,1H3,(H,22,25)/p+1. The van der Waals surface area contributed by atoms with Gasteiger partial charge in [-0.15, -0.1) is 11.3 Å². The highest BCUT2D eigenvalue weighted by atomic mass is 35.5. The van der Waals surface area contributed by atoms with Crippen molar-refractivity contribution in [2.75, 3.05) is 36.9 Å². The molecule has 140 valence electrons. The summed E-state index contributed by atoms with van der Waals surface area (Å²) in [5.74, 6) is 0.0349. The van der Waals surface area contributed by atoms with E-state index in [4.69, 9.17) is 11.6 Å². The SMILES string of the molecule is C[NH+](CC(=O)Nc1ccc(N2CCCCCC2)cc1)Cc1ccc(Cl)s1. The zero-order chi connectivity index (χ0) is 18.4. The van der Waals surface area contributed by atoms with Gasteiger partial charge < -0.3 is 15.1 Å². The summed E-state index contributed by atoms with van der Waals surface area (Å²) in [6, 6.07) is 12.2. The minimum Gasteiger partial charge on any atom is -0.372 e. The Morgan fingerprint density at radius 1 is 1.12 bits per heavy atom. The number of benzene rings is 1. The van der Waals surface area contributed by atoms with Crippen LogP contribution in [0.15, 0.2) is 36.4 Å². The third-order valence-electron chi connectivity index (χ3n) is 4.69. The second-order valence-corrected chi connectivity index (χ2v) is 8.81. The van der Waals surface area contributed by atoms with Gasteiger partial charge in [0.05, 0.1) is 16.3 Å². The minimum atomic E-state index is 0.0349. The quantitative estimate of drug-likeness (QED) is 0.790. The van der Waals surface area contributed by atoms with Crippen LogP contribution in [0.5, 0.6) is 0 Å². The number of carbonyl (C=O) groups excluding carboxylic acids is 1. The van der Waals surface area contributed by atoms with E-state index < -0.39 is 0 Å². The molecule has 4 nitrogen and oxygen atoms in total. The molecule has 1 unspecified atom stereocenters. The molecule has 2 heterocycles. The normalized spacial score (nSPS) is 16.2. The van der Waals surface area contributed by atoms with Gasteiger partial charge in [0.15, 0.2) is 6.54 Å². The maximum atomic E-state index is 12.3. The van der Waals surface area contributed by atoms with Crippen LogP contribution in [-0.2, 0) is 11.3 Å². The van der Waals surface area contributed by atoms with Crippen LogP contribution in [0, 0.1) is 0 Å². The first-order chi connectivity index (χ1) is 12.6. The molecule has 1 saturated heterocycles. The van der Waals surface area contributed by atoms with Crippen molar-refractivity contribution in [2.24, 2.45) is 0 Å². The maximum absolute atomic E-state index is 12.3. The van der Waals surface area contributed by atoms with E-state index in [2.05, 4.69) is 22.3 Å². The summed E-state index contributed by atoms with van der Waals surface area (Å²) in [5, 5.41) is 3.01. The van der Waals surface area contributed by atoms with Gasteiger partial charge in [0.2, 0.25) is 0 Å². The van der Waals surface area contributed by atoms with E-state index >= 15 is 0 Å². The summed E-state index contributed by atoms with van der Waals surface area (Å²) in [7, 11) is 2.02. The van der Waals surface area contributed by atoms with E-state index in [1.165, 1.54) is 36.2 Å². The van der Waals surface area contributed by atoms with Crippen LogP contribution >= 0.6 is 22.9 Å². The fourth-order valence-corrected chi connectivity index (χ4v) is 4.57. The number of rotatable bonds is 6. The molecule has 1 aliphatic rings. The average Bonchev–Trinajstić information content (AvgIpc) is 2.85. The molecule has 0 radical (unpaired) electrons. The number of quaternary nitrogens is 1. The van der Waals surface area contributed by atoms with Crippen molar-refractivity contribution in [1.29, 1.82) is 0 Å². The van der Waals surface area contributed by atoms with Crippen LogP contribution in [0.2, 0.25) is 4.34 Å². The van der Waals surface area contributed by atoms with Crippen molar-refractivity contribution in [3.8, 4) is 0 Å². The van der Waals surface area contributed by atoms with Gasteiger partial charge in [-0.1, -0.05) is 24.4 Å². The molecule has 0 aliphatic carbocycles. The lowest BCUT2D eigenvalue weighted by Gasteiger charge is -2.22. The van der Waals surface area contributed by atoms with E-state index in [9.17, 15) is 4.79 Å². The number of carbonyl (C=O) groups is 1. The van der Waals surface area contributed by atoms with E-state index in [1.807, 2.05) is 31.3 Å². The first-order valence-corrected chi connectivity index (χ1v) is 10.5. The van der Waals surface area contributed by atoms with Gasteiger partial charge in [0.1, 0.15) is 6.54 Å². The Bertz CT molecular complexity index is 708. The van der Waals surface area contributed by atoms with Crippen molar-refractivity contribution in [1.82, 2.24) is 0 Å². The maximum Gasteiger partial charge on any atom is 0.279 e. The fraction of sp³-hybridized carbons (Fsp3) is 0.450. The van der Waals surface area contributed by atoms with Gasteiger partial charge in [-0.05, 0) is 49.2 Å². The number of anilines is 2. The molecule has 0 saturated carbocycles. The highest BCUT2D eigenvalue weighted by Gasteiger charge is 2.13. The van der Waals surface area contributed by atoms with Gasteiger partial charge in [-0.3, -0.25) is 4.79 Å². The molecule has 1 aliphatic heterocycles. The van der Waals surface area contributed by atoms with Crippen molar-refractivity contribution in [3.05, 3.63) is 45.6 Å². The Kier molecular flexibility index (Phi) is 6.94. The lowest BCUT2D eigenvalue weighted by atomic mass is 10.2. The van der Waals surface area contributed by atoms with Gasteiger partial charge in [0, 0.05) is 24.5 Å². The van der Waals surface area contributed by atoms with Crippen LogP contribution in [0.25, 0.3) is 0 Å². The predicted molar refractivity (Wildman–Crippen MR) is 111 cm³/mol. The molecule has 1 atom stereocenters. The highest BCUT2D eigenvalue weighted by molar-refractivity contribution is 7.16. The van der Waals surface area contributed by atoms with Crippen LogP contribution < -0.4 is 15.1 Å². The molecule has 2 N–H and O–H groups in total. The lowest BCUT2D eigenvalue weighted by Crippen LogP contribution is -3.08. The van der Waals surface area contributed by atoms with Crippen LogP contribution in [0.4, 0.5) is 11.4 Å². The highest BCUT2D eigenvalue weighted by Crippen LogP contribution is 2.22. The topological polar surface area (TPSA) is 36.8 Å². The summed E-state index contributed by atoms with van der Waals surface area (Å²) in [5.41, 5.74) is 2.11. The second kappa shape index (κ2) is 9.40. The summed E-state index contributed by atoms with van der Waals surface area (Å²) >= 11 is 7.53. The van der Waals surface area contributed by atoms with Crippen LogP contribution in [0.1, 0.15) is 30.6 Å². The summed E-state index contributed by atoms with van der Waals surface area (Å²) < 4.78 is 0.793. The molecule has 1 amide bonds. The molecule has 1 aromatic heterocycles. The first kappa shape index (κ1) is 19.2. The number of hydrogen-bond donors (Lipinski definition) is 2. The van der Waals surface area contributed by atoms with Crippen molar-refractivity contribution >= 4 is 40.2 Å². The molecule has 3 rings (SSSR count). The number of hydrogen-bond acceptors (Lipinski definition) is 3. The largest absolute Gasteiger partial charge is 0.372 e. The molecule has 0 bridgehead atoms. The van der Waals surface area contributed by atoms with Crippen molar-refractivity contribution in [3.63, 3.8) is 0 Å². The molecule has 1 aromatic carbocycles.